The fraction of sp³-hybridized carbons (Fsp3) is 0.308. The molecule has 0 saturated heterocycles. The van der Waals surface area contributed by atoms with Gasteiger partial charge in [-0.05, 0) is 24.1 Å². The molecule has 2 rings (SSSR count). The number of hydrogen-bond donors (Lipinski definition) is 1. The van der Waals surface area contributed by atoms with Gasteiger partial charge >= 0.3 is 5.97 Å². The van der Waals surface area contributed by atoms with Gasteiger partial charge in [0, 0.05) is 5.71 Å². The first-order valence-electron chi connectivity index (χ1n) is 5.80. The summed E-state index contributed by atoms with van der Waals surface area (Å²) in [5.74, 6) is -0.913. The van der Waals surface area contributed by atoms with E-state index in [2.05, 4.69) is 5.10 Å². The minimum Gasteiger partial charge on any atom is -0.481 e. The van der Waals surface area contributed by atoms with Crippen LogP contribution in [0, 0.1) is 0 Å². The topological polar surface area (TPSA) is 70.0 Å². The standard InChI is InChI=1S/C13H14N2O3/c1-2-10-8-12(16)15(14-10)11-5-3-9(4-6-11)7-13(17)18/h3-6H,2,7-8H2,1H3,(H,17,18). The summed E-state index contributed by atoms with van der Waals surface area (Å²) >= 11 is 0. The molecular formula is C13H14N2O3. The Labute approximate surface area is 105 Å². The summed E-state index contributed by atoms with van der Waals surface area (Å²) in [6.45, 7) is 1.96. The highest BCUT2D eigenvalue weighted by Gasteiger charge is 2.23. The van der Waals surface area contributed by atoms with Crippen LogP contribution in [0.2, 0.25) is 0 Å². The summed E-state index contributed by atoms with van der Waals surface area (Å²) in [5, 5.41) is 14.3. The van der Waals surface area contributed by atoms with Gasteiger partial charge in [0.05, 0.1) is 18.5 Å². The average Bonchev–Trinajstić information content (AvgIpc) is 2.71. The third kappa shape index (κ3) is 2.56. The van der Waals surface area contributed by atoms with Crippen LogP contribution in [0.3, 0.4) is 0 Å². The molecule has 1 N–H and O–H groups in total. The molecule has 1 aromatic carbocycles. The minimum absolute atomic E-state index is 0.0162. The number of aliphatic carboxylic acids is 1. The average molecular weight is 246 g/mol. The third-order valence-corrected chi connectivity index (χ3v) is 2.78. The maximum Gasteiger partial charge on any atom is 0.307 e. The van der Waals surface area contributed by atoms with Crippen LogP contribution in [0.5, 0.6) is 0 Å². The molecule has 5 heteroatoms. The Bertz CT molecular complexity index is 505. The first-order valence-corrected chi connectivity index (χ1v) is 5.80. The van der Waals surface area contributed by atoms with Crippen molar-refractivity contribution in [3.63, 3.8) is 0 Å². The van der Waals surface area contributed by atoms with Crippen LogP contribution in [-0.4, -0.2) is 22.7 Å². The summed E-state index contributed by atoms with van der Waals surface area (Å²) in [5.41, 5.74) is 2.25. The van der Waals surface area contributed by atoms with Gasteiger partial charge in [0.1, 0.15) is 0 Å². The molecule has 1 heterocycles. The Kier molecular flexibility index (Phi) is 3.41. The molecule has 1 aromatic rings. The van der Waals surface area contributed by atoms with Crippen LogP contribution >= 0.6 is 0 Å². The van der Waals surface area contributed by atoms with Crippen LogP contribution < -0.4 is 5.01 Å². The quantitative estimate of drug-likeness (QED) is 0.880. The van der Waals surface area contributed by atoms with Gasteiger partial charge in [0.15, 0.2) is 0 Å². The van der Waals surface area contributed by atoms with E-state index in [9.17, 15) is 9.59 Å². The van der Waals surface area contributed by atoms with Gasteiger partial charge in [0.25, 0.3) is 5.91 Å². The fourth-order valence-electron chi connectivity index (χ4n) is 1.81. The number of carbonyl (C=O) groups is 2. The van der Waals surface area contributed by atoms with E-state index >= 15 is 0 Å². The number of benzene rings is 1. The monoisotopic (exact) mass is 246 g/mol. The van der Waals surface area contributed by atoms with Gasteiger partial charge in [-0.1, -0.05) is 19.1 Å². The van der Waals surface area contributed by atoms with Crippen LogP contribution in [0.25, 0.3) is 0 Å². The van der Waals surface area contributed by atoms with Crippen LogP contribution in [0.1, 0.15) is 25.3 Å². The number of rotatable bonds is 4. The van der Waals surface area contributed by atoms with E-state index in [0.717, 1.165) is 12.1 Å². The molecule has 0 atom stereocenters. The molecule has 1 amide bonds. The van der Waals surface area contributed by atoms with Gasteiger partial charge in [-0.2, -0.15) is 5.10 Å². The van der Waals surface area contributed by atoms with Crippen molar-refractivity contribution in [2.75, 3.05) is 5.01 Å². The molecule has 0 radical (unpaired) electrons. The third-order valence-electron chi connectivity index (χ3n) is 2.78. The molecular weight excluding hydrogens is 232 g/mol. The van der Waals surface area contributed by atoms with Crippen LogP contribution in [0.15, 0.2) is 29.4 Å². The summed E-state index contributed by atoms with van der Waals surface area (Å²) in [6, 6.07) is 6.85. The van der Waals surface area contributed by atoms with Crippen LogP contribution in [0.4, 0.5) is 5.69 Å². The zero-order chi connectivity index (χ0) is 13.1. The normalized spacial score (nSPS) is 14.8. The van der Waals surface area contributed by atoms with Crippen molar-refractivity contribution in [2.45, 2.75) is 26.2 Å². The van der Waals surface area contributed by atoms with E-state index in [4.69, 9.17) is 5.11 Å². The van der Waals surface area contributed by atoms with Crippen molar-refractivity contribution in [1.82, 2.24) is 0 Å². The fourth-order valence-corrected chi connectivity index (χ4v) is 1.81. The largest absolute Gasteiger partial charge is 0.481 e. The zero-order valence-corrected chi connectivity index (χ0v) is 10.1. The second kappa shape index (κ2) is 5.00. The number of carbonyl (C=O) groups excluding carboxylic acids is 1. The summed E-state index contributed by atoms with van der Waals surface area (Å²) in [6.07, 6.45) is 1.12. The van der Waals surface area contributed by atoms with Gasteiger partial charge < -0.3 is 5.11 Å². The summed E-state index contributed by atoms with van der Waals surface area (Å²) in [7, 11) is 0. The lowest BCUT2D eigenvalue weighted by Crippen LogP contribution is -2.19. The molecule has 0 bridgehead atoms. The molecule has 0 saturated carbocycles. The van der Waals surface area contributed by atoms with E-state index in [1.165, 1.54) is 5.01 Å². The van der Waals surface area contributed by atoms with Crippen molar-refractivity contribution in [3.8, 4) is 0 Å². The van der Waals surface area contributed by atoms with Crippen molar-refractivity contribution < 1.29 is 14.7 Å². The summed E-state index contributed by atoms with van der Waals surface area (Å²) < 4.78 is 0. The molecule has 1 aliphatic heterocycles. The Hall–Kier alpha value is -2.17. The van der Waals surface area contributed by atoms with E-state index in [0.29, 0.717) is 17.7 Å². The number of nitrogens with zero attached hydrogens (tertiary/aromatic N) is 2. The van der Waals surface area contributed by atoms with Gasteiger partial charge in [0.2, 0.25) is 0 Å². The highest BCUT2D eigenvalue weighted by Crippen LogP contribution is 2.21. The molecule has 18 heavy (non-hydrogen) atoms. The Morgan fingerprint density at radius 1 is 1.39 bits per heavy atom. The Balaban J connectivity index is 2.17. The number of carboxylic acid groups (broad SMARTS) is 1. The van der Waals surface area contributed by atoms with Crippen molar-refractivity contribution in [1.29, 1.82) is 0 Å². The predicted molar refractivity (Wildman–Crippen MR) is 67.6 cm³/mol. The van der Waals surface area contributed by atoms with Gasteiger partial charge in [-0.25, -0.2) is 5.01 Å². The molecule has 5 nitrogen and oxygen atoms in total. The first-order chi connectivity index (χ1) is 8.60. The second-order valence-corrected chi connectivity index (χ2v) is 4.14. The van der Waals surface area contributed by atoms with Gasteiger partial charge in [-0.15, -0.1) is 0 Å². The first kappa shape index (κ1) is 12.3. The van der Waals surface area contributed by atoms with E-state index in [1.54, 1.807) is 24.3 Å². The lowest BCUT2D eigenvalue weighted by Gasteiger charge is -2.11. The second-order valence-electron chi connectivity index (χ2n) is 4.14. The minimum atomic E-state index is -0.869. The lowest BCUT2D eigenvalue weighted by atomic mass is 10.1. The maximum absolute atomic E-state index is 11.7. The van der Waals surface area contributed by atoms with Crippen molar-refractivity contribution in [2.24, 2.45) is 5.10 Å². The van der Waals surface area contributed by atoms with Gasteiger partial charge in [-0.3, -0.25) is 9.59 Å². The molecule has 0 fully saturated rings. The van der Waals surface area contributed by atoms with Crippen molar-refractivity contribution in [3.05, 3.63) is 29.8 Å². The smallest absolute Gasteiger partial charge is 0.307 e. The Morgan fingerprint density at radius 3 is 2.56 bits per heavy atom. The summed E-state index contributed by atoms with van der Waals surface area (Å²) in [4.78, 5) is 22.3. The molecule has 0 aliphatic carbocycles. The highest BCUT2D eigenvalue weighted by molar-refractivity contribution is 6.12. The number of carboxylic acids is 1. The molecule has 94 valence electrons. The molecule has 0 spiro atoms. The molecule has 1 aliphatic rings. The number of anilines is 1. The van der Waals surface area contributed by atoms with E-state index in [1.807, 2.05) is 6.92 Å². The van der Waals surface area contributed by atoms with Crippen molar-refractivity contribution >= 4 is 23.3 Å². The molecule has 0 unspecified atom stereocenters. The SMILES string of the molecule is CCC1=NN(c2ccc(CC(=O)O)cc2)C(=O)C1. The number of hydrazone groups is 1. The molecule has 0 aromatic heterocycles. The van der Waals surface area contributed by atoms with E-state index < -0.39 is 5.97 Å². The van der Waals surface area contributed by atoms with Crippen LogP contribution in [-0.2, 0) is 16.0 Å². The zero-order valence-electron chi connectivity index (χ0n) is 10.1. The van der Waals surface area contributed by atoms with E-state index in [-0.39, 0.29) is 12.3 Å². The highest BCUT2D eigenvalue weighted by atomic mass is 16.4. The predicted octanol–water partition coefficient (Wildman–Crippen LogP) is 1.82. The maximum atomic E-state index is 11.7. The Morgan fingerprint density at radius 2 is 2.06 bits per heavy atom. The lowest BCUT2D eigenvalue weighted by molar-refractivity contribution is -0.136. The number of hydrogen-bond acceptors (Lipinski definition) is 3. The number of amides is 1.